The molecule has 7 nitrogen and oxygen atoms in total. The topological polar surface area (TPSA) is 117 Å². The molecule has 1 saturated heterocycles. The zero-order valence-corrected chi connectivity index (χ0v) is 21.2. The van der Waals surface area contributed by atoms with Gasteiger partial charge in [-0.05, 0) is 88.4 Å². The highest BCUT2D eigenvalue weighted by molar-refractivity contribution is 5.84. The lowest BCUT2D eigenvalue weighted by Crippen LogP contribution is -2.59. The molecule has 4 aliphatic rings. The fraction of sp³-hybridized carbons (Fsp3) is 0.885. The summed E-state index contributed by atoms with van der Waals surface area (Å²) in [5.41, 5.74) is 6.01. The third-order valence-corrected chi connectivity index (χ3v) is 8.33. The summed E-state index contributed by atoms with van der Waals surface area (Å²) in [5.74, 6) is 1.81. The van der Waals surface area contributed by atoms with Gasteiger partial charge in [0.25, 0.3) is 0 Å². The first-order valence-electron chi connectivity index (χ1n) is 12.7. The van der Waals surface area contributed by atoms with E-state index in [1.165, 1.54) is 6.92 Å². The normalized spacial score (nSPS) is 40.0. The molecule has 3 N–H and O–H groups in total. The summed E-state index contributed by atoms with van der Waals surface area (Å²) in [7, 11) is 0. The van der Waals surface area contributed by atoms with Crippen LogP contribution in [-0.2, 0) is 14.3 Å². The average molecular weight is 462 g/mol. The molecular formula is C26H43N3O4. The van der Waals surface area contributed by atoms with Crippen molar-refractivity contribution in [3.63, 3.8) is 0 Å². The predicted molar refractivity (Wildman–Crippen MR) is 126 cm³/mol. The SMILES string of the molecule is CC(=O)OC(C)(C)C.CCC1CC2CC(O)CC(C(N)C(=O)N3C(C#N)CC4C(C)C43)(C1)C2. The zero-order chi connectivity index (χ0) is 24.7. The standard InChI is InChI=1S/C20H31N3O2.C6H12O2/c1-3-12-4-13-5-15(24)9-20(7-12,8-13)18(22)19(25)23-14(10-21)6-16-11(2)17(16)23;1-5(7)8-6(2,3)4/h11-18,24H,3-9,22H2,1-2H3;1-4H3. The van der Waals surface area contributed by atoms with Gasteiger partial charge in [-0.1, -0.05) is 20.3 Å². The van der Waals surface area contributed by atoms with Gasteiger partial charge in [0.1, 0.15) is 11.6 Å². The number of esters is 1. The Hall–Kier alpha value is -1.65. The highest BCUT2D eigenvalue weighted by Crippen LogP contribution is 2.56. The molecule has 0 aromatic heterocycles. The summed E-state index contributed by atoms with van der Waals surface area (Å²) in [6, 6.07) is 1.64. The first kappa shape index (κ1) is 26.0. The molecule has 0 aromatic carbocycles. The van der Waals surface area contributed by atoms with Gasteiger partial charge in [0, 0.05) is 13.0 Å². The van der Waals surface area contributed by atoms with Crippen LogP contribution in [0, 0.1) is 40.4 Å². The molecule has 7 heteroatoms. The van der Waals surface area contributed by atoms with Crippen LogP contribution in [0.2, 0.25) is 0 Å². The Kier molecular flexibility index (Phi) is 7.51. The van der Waals surface area contributed by atoms with E-state index in [2.05, 4.69) is 19.9 Å². The molecule has 1 aliphatic heterocycles. The van der Waals surface area contributed by atoms with E-state index in [1.807, 2.05) is 25.7 Å². The number of carbonyl (C=O) groups is 2. The fourth-order valence-electron chi connectivity index (χ4n) is 7.03. The Balaban J connectivity index is 0.000000331. The Labute approximate surface area is 199 Å². The van der Waals surface area contributed by atoms with Crippen molar-refractivity contribution in [2.75, 3.05) is 0 Å². The van der Waals surface area contributed by atoms with Crippen molar-refractivity contribution in [3.05, 3.63) is 0 Å². The lowest BCUT2D eigenvalue weighted by molar-refractivity contribution is -0.152. The van der Waals surface area contributed by atoms with Crippen molar-refractivity contribution in [3.8, 4) is 6.07 Å². The molecular weight excluding hydrogens is 418 g/mol. The van der Waals surface area contributed by atoms with Crippen molar-refractivity contribution in [2.24, 2.45) is 34.8 Å². The average Bonchev–Trinajstić information content (AvgIpc) is 3.15. The van der Waals surface area contributed by atoms with Gasteiger partial charge < -0.3 is 20.5 Å². The van der Waals surface area contributed by atoms with E-state index in [1.54, 1.807) is 0 Å². The Morgan fingerprint density at radius 3 is 2.42 bits per heavy atom. The molecule has 3 aliphatic carbocycles. The molecule has 9 atom stereocenters. The maximum absolute atomic E-state index is 13.4. The third-order valence-electron chi connectivity index (χ3n) is 8.33. The second-order valence-electron chi connectivity index (χ2n) is 12.1. The van der Waals surface area contributed by atoms with Crippen molar-refractivity contribution in [1.82, 2.24) is 4.90 Å². The number of nitrogens with zero attached hydrogens (tertiary/aromatic N) is 2. The predicted octanol–water partition coefficient (Wildman–Crippen LogP) is 3.39. The molecule has 3 saturated carbocycles. The summed E-state index contributed by atoms with van der Waals surface area (Å²) in [5, 5.41) is 19.9. The number of rotatable bonds is 3. The number of fused-ring (bicyclic) bond motifs is 3. The second kappa shape index (κ2) is 9.54. The van der Waals surface area contributed by atoms with Crippen LogP contribution in [0.15, 0.2) is 0 Å². The number of amides is 1. The van der Waals surface area contributed by atoms with Crippen LogP contribution >= 0.6 is 0 Å². The number of hydrogen-bond acceptors (Lipinski definition) is 6. The van der Waals surface area contributed by atoms with Gasteiger partial charge in [0.2, 0.25) is 5.91 Å². The number of likely N-dealkylation sites (tertiary alicyclic amines) is 1. The molecule has 2 bridgehead atoms. The highest BCUT2D eigenvalue weighted by Gasteiger charge is 2.62. The van der Waals surface area contributed by atoms with Crippen LogP contribution < -0.4 is 5.73 Å². The number of nitrogens with two attached hydrogens (primary N) is 1. The first-order chi connectivity index (χ1) is 15.3. The van der Waals surface area contributed by atoms with Crippen molar-refractivity contribution in [1.29, 1.82) is 5.26 Å². The second-order valence-corrected chi connectivity index (χ2v) is 12.1. The van der Waals surface area contributed by atoms with E-state index in [4.69, 9.17) is 10.5 Å². The number of hydrogen-bond donors (Lipinski definition) is 2. The summed E-state index contributed by atoms with van der Waals surface area (Å²) < 4.78 is 4.80. The first-order valence-corrected chi connectivity index (χ1v) is 12.7. The van der Waals surface area contributed by atoms with E-state index in [0.29, 0.717) is 30.1 Å². The minimum absolute atomic E-state index is 0.0343. The van der Waals surface area contributed by atoms with E-state index >= 15 is 0 Å². The number of ether oxygens (including phenoxy) is 1. The van der Waals surface area contributed by atoms with E-state index in [-0.39, 0.29) is 41.1 Å². The molecule has 186 valence electrons. The Bertz CT molecular complexity index is 783. The van der Waals surface area contributed by atoms with Crippen molar-refractivity contribution < 1.29 is 19.4 Å². The Morgan fingerprint density at radius 2 is 1.91 bits per heavy atom. The number of carbonyl (C=O) groups excluding carboxylic acids is 2. The number of piperidine rings is 1. The molecule has 1 amide bonds. The van der Waals surface area contributed by atoms with E-state index < -0.39 is 6.04 Å². The van der Waals surface area contributed by atoms with Gasteiger partial charge in [-0.3, -0.25) is 9.59 Å². The van der Waals surface area contributed by atoms with Crippen LogP contribution in [0.3, 0.4) is 0 Å². The van der Waals surface area contributed by atoms with E-state index in [0.717, 1.165) is 38.5 Å². The van der Waals surface area contributed by atoms with Gasteiger partial charge >= 0.3 is 5.97 Å². The number of nitriles is 1. The van der Waals surface area contributed by atoms with Crippen molar-refractivity contribution >= 4 is 11.9 Å². The van der Waals surface area contributed by atoms with Crippen molar-refractivity contribution in [2.45, 2.75) is 116 Å². The summed E-state index contributed by atoms with van der Waals surface area (Å²) in [4.78, 5) is 25.4. The number of aliphatic hydroxyl groups is 1. The maximum atomic E-state index is 13.4. The summed E-state index contributed by atoms with van der Waals surface area (Å²) >= 11 is 0. The van der Waals surface area contributed by atoms with Crippen LogP contribution in [0.4, 0.5) is 0 Å². The highest BCUT2D eigenvalue weighted by atomic mass is 16.6. The molecule has 4 fully saturated rings. The Morgan fingerprint density at radius 1 is 1.24 bits per heavy atom. The van der Waals surface area contributed by atoms with Crippen LogP contribution in [0.1, 0.15) is 86.5 Å². The zero-order valence-electron chi connectivity index (χ0n) is 21.2. The fourth-order valence-corrected chi connectivity index (χ4v) is 7.03. The van der Waals surface area contributed by atoms with Crippen LogP contribution in [-0.4, -0.2) is 51.7 Å². The number of aliphatic hydroxyl groups excluding tert-OH is 1. The quantitative estimate of drug-likeness (QED) is 0.622. The molecule has 9 unspecified atom stereocenters. The minimum atomic E-state index is -0.582. The lowest BCUT2D eigenvalue weighted by atomic mass is 9.55. The molecule has 33 heavy (non-hydrogen) atoms. The van der Waals surface area contributed by atoms with Gasteiger partial charge in [0.15, 0.2) is 0 Å². The van der Waals surface area contributed by atoms with Crippen LogP contribution in [0.5, 0.6) is 0 Å². The summed E-state index contributed by atoms with van der Waals surface area (Å²) in [6.45, 7) is 11.3. The smallest absolute Gasteiger partial charge is 0.303 e. The molecule has 1 heterocycles. The van der Waals surface area contributed by atoms with Gasteiger partial charge in [-0.15, -0.1) is 0 Å². The van der Waals surface area contributed by atoms with Gasteiger partial charge in [0.05, 0.1) is 18.2 Å². The minimum Gasteiger partial charge on any atom is -0.460 e. The van der Waals surface area contributed by atoms with Gasteiger partial charge in [-0.2, -0.15) is 5.26 Å². The maximum Gasteiger partial charge on any atom is 0.303 e. The van der Waals surface area contributed by atoms with Gasteiger partial charge in [-0.25, -0.2) is 0 Å². The molecule has 0 spiro atoms. The third kappa shape index (κ3) is 5.54. The van der Waals surface area contributed by atoms with E-state index in [9.17, 15) is 20.0 Å². The monoisotopic (exact) mass is 461 g/mol. The molecule has 4 rings (SSSR count). The lowest BCUT2D eigenvalue weighted by Gasteiger charge is -2.52. The van der Waals surface area contributed by atoms with Crippen LogP contribution in [0.25, 0.3) is 0 Å². The largest absolute Gasteiger partial charge is 0.460 e. The molecule has 0 aromatic rings. The molecule has 0 radical (unpaired) electrons. The summed E-state index contributed by atoms with van der Waals surface area (Å²) in [6.07, 6.45) is 6.13.